The van der Waals surface area contributed by atoms with Crippen LogP contribution in [0.15, 0.2) is 60.7 Å². The topological polar surface area (TPSA) is 18.5 Å². The molecule has 4 heteroatoms. The largest absolute Gasteiger partial charge is 0.407 e. The van der Waals surface area contributed by atoms with E-state index in [1.54, 1.807) is 0 Å². The Labute approximate surface area is 191 Å². The molecule has 0 amide bonds. The molecule has 1 saturated heterocycles. The van der Waals surface area contributed by atoms with Gasteiger partial charge in [0.2, 0.25) is 0 Å². The van der Waals surface area contributed by atoms with E-state index in [1.165, 1.54) is 23.2 Å². The third-order valence-electron chi connectivity index (χ3n) is 6.26. The van der Waals surface area contributed by atoms with Gasteiger partial charge >= 0.3 is 0 Å². The van der Waals surface area contributed by atoms with Crippen LogP contribution >= 0.6 is 22.6 Å². The summed E-state index contributed by atoms with van der Waals surface area (Å²) in [5, 5.41) is 2.72. The number of hydrogen-bond acceptors (Lipinski definition) is 2. The molecule has 1 aliphatic rings. The molecule has 2 aromatic carbocycles. The summed E-state index contributed by atoms with van der Waals surface area (Å²) < 4.78 is 14.5. The van der Waals surface area contributed by atoms with Crippen molar-refractivity contribution >= 4 is 41.3 Å². The van der Waals surface area contributed by atoms with Crippen molar-refractivity contribution in [2.45, 2.75) is 64.2 Å². The van der Waals surface area contributed by atoms with Crippen LogP contribution < -0.4 is 10.4 Å². The van der Waals surface area contributed by atoms with Crippen LogP contribution in [0.4, 0.5) is 0 Å². The molecule has 3 atom stereocenters. The third kappa shape index (κ3) is 5.14. The highest BCUT2D eigenvalue weighted by Crippen LogP contribution is 2.37. The summed E-state index contributed by atoms with van der Waals surface area (Å²) in [6.45, 7) is 10.1. The molecule has 0 radical (unpaired) electrons. The highest BCUT2D eigenvalue weighted by molar-refractivity contribution is 14.1. The minimum Gasteiger partial charge on any atom is -0.407 e. The standard InChI is InChI=1S/C25H35IO2Si/c1-20-15-16-21(19-26)28-24(20)17-18-27-29(25(2,3)4,22-11-7-5-8-12-22)23-13-9-6-10-14-23/h5-14,20-21,24H,15-19H2,1-4H3/t20-,21+,24+/m0/s1. The highest BCUT2D eigenvalue weighted by atomic mass is 127. The maximum absolute atomic E-state index is 7.04. The van der Waals surface area contributed by atoms with Crippen LogP contribution in [0.2, 0.25) is 5.04 Å². The van der Waals surface area contributed by atoms with E-state index < -0.39 is 8.32 Å². The van der Waals surface area contributed by atoms with Gasteiger partial charge in [-0.2, -0.15) is 0 Å². The Morgan fingerprint density at radius 1 is 0.966 bits per heavy atom. The third-order valence-corrected chi connectivity index (χ3v) is 12.3. The Kier molecular flexibility index (Phi) is 7.98. The van der Waals surface area contributed by atoms with Crippen molar-refractivity contribution in [2.24, 2.45) is 5.92 Å². The zero-order valence-electron chi connectivity index (χ0n) is 18.2. The second-order valence-corrected chi connectivity index (χ2v) is 14.5. The Hall–Kier alpha value is -0.693. The molecule has 0 spiro atoms. The van der Waals surface area contributed by atoms with Crippen LogP contribution in [0.5, 0.6) is 0 Å². The molecule has 0 saturated carbocycles. The smallest absolute Gasteiger partial charge is 0.261 e. The van der Waals surface area contributed by atoms with Crippen molar-refractivity contribution in [1.82, 2.24) is 0 Å². The molecule has 0 aliphatic carbocycles. The van der Waals surface area contributed by atoms with Gasteiger partial charge in [0, 0.05) is 11.0 Å². The Morgan fingerprint density at radius 2 is 1.52 bits per heavy atom. The van der Waals surface area contributed by atoms with Crippen LogP contribution in [-0.2, 0) is 9.16 Å². The quantitative estimate of drug-likeness (QED) is 0.269. The van der Waals surface area contributed by atoms with Gasteiger partial charge in [0.05, 0.1) is 12.2 Å². The minimum absolute atomic E-state index is 0.0273. The zero-order valence-corrected chi connectivity index (χ0v) is 21.4. The molecule has 0 N–H and O–H groups in total. The number of benzene rings is 2. The summed E-state index contributed by atoms with van der Waals surface area (Å²) in [6.07, 6.45) is 4.14. The fourth-order valence-corrected chi connectivity index (χ4v) is 9.87. The van der Waals surface area contributed by atoms with Crippen molar-refractivity contribution in [3.63, 3.8) is 0 Å². The maximum Gasteiger partial charge on any atom is 0.261 e. The molecule has 1 fully saturated rings. The average molecular weight is 523 g/mol. The van der Waals surface area contributed by atoms with Crippen LogP contribution in [0, 0.1) is 5.92 Å². The number of rotatable bonds is 7. The fraction of sp³-hybridized carbons (Fsp3) is 0.520. The summed E-state index contributed by atoms with van der Waals surface area (Å²) in [4.78, 5) is 0. The normalized spacial score (nSPS) is 23.1. The highest BCUT2D eigenvalue weighted by Gasteiger charge is 2.50. The second-order valence-electron chi connectivity index (χ2n) is 9.31. The Morgan fingerprint density at radius 3 is 2.00 bits per heavy atom. The number of alkyl halides is 1. The lowest BCUT2D eigenvalue weighted by Crippen LogP contribution is -2.66. The van der Waals surface area contributed by atoms with Gasteiger partial charge in [-0.1, -0.05) is 111 Å². The first-order chi connectivity index (χ1) is 13.9. The molecular formula is C25H35IO2Si. The number of ether oxygens (including phenoxy) is 1. The minimum atomic E-state index is -2.44. The Balaban J connectivity index is 1.88. The number of hydrogen-bond donors (Lipinski definition) is 0. The van der Waals surface area contributed by atoms with Gasteiger partial charge < -0.3 is 9.16 Å². The van der Waals surface area contributed by atoms with Gasteiger partial charge in [-0.15, -0.1) is 0 Å². The molecule has 1 heterocycles. The molecule has 0 aromatic heterocycles. The lowest BCUT2D eigenvalue weighted by molar-refractivity contribution is -0.0742. The number of halogens is 1. The van der Waals surface area contributed by atoms with E-state index in [9.17, 15) is 0 Å². The van der Waals surface area contributed by atoms with Crippen LogP contribution in [0.1, 0.15) is 47.0 Å². The van der Waals surface area contributed by atoms with Crippen LogP contribution in [0.3, 0.4) is 0 Å². The van der Waals surface area contributed by atoms with Crippen molar-refractivity contribution in [1.29, 1.82) is 0 Å². The van der Waals surface area contributed by atoms with Gasteiger partial charge in [-0.25, -0.2) is 0 Å². The molecular weight excluding hydrogens is 487 g/mol. The first-order valence-electron chi connectivity index (χ1n) is 10.8. The molecule has 3 rings (SSSR count). The van der Waals surface area contributed by atoms with Gasteiger partial charge in [-0.3, -0.25) is 0 Å². The monoisotopic (exact) mass is 522 g/mol. The summed E-state index contributed by atoms with van der Waals surface area (Å²) in [7, 11) is -2.44. The Bertz CT molecular complexity index is 705. The van der Waals surface area contributed by atoms with Crippen molar-refractivity contribution < 1.29 is 9.16 Å². The van der Waals surface area contributed by atoms with Gasteiger partial charge in [-0.05, 0) is 40.6 Å². The molecule has 2 nitrogen and oxygen atoms in total. The van der Waals surface area contributed by atoms with Crippen molar-refractivity contribution in [3.05, 3.63) is 60.7 Å². The molecule has 29 heavy (non-hydrogen) atoms. The average Bonchev–Trinajstić information content (AvgIpc) is 2.73. The lowest BCUT2D eigenvalue weighted by atomic mass is 9.92. The summed E-state index contributed by atoms with van der Waals surface area (Å²) >= 11 is 2.45. The van der Waals surface area contributed by atoms with E-state index in [1.807, 2.05) is 0 Å². The fourth-order valence-electron chi connectivity index (χ4n) is 4.64. The first-order valence-corrected chi connectivity index (χ1v) is 14.3. The second kappa shape index (κ2) is 10.1. The molecule has 158 valence electrons. The van der Waals surface area contributed by atoms with E-state index >= 15 is 0 Å². The van der Waals surface area contributed by atoms with E-state index in [0.717, 1.165) is 17.5 Å². The predicted octanol–water partition coefficient (Wildman–Crippen LogP) is 5.57. The van der Waals surface area contributed by atoms with E-state index in [-0.39, 0.29) is 5.04 Å². The van der Waals surface area contributed by atoms with Crippen LogP contribution in [0.25, 0.3) is 0 Å². The molecule has 0 unspecified atom stereocenters. The van der Waals surface area contributed by atoms with Crippen molar-refractivity contribution in [2.75, 3.05) is 11.0 Å². The summed E-state index contributed by atoms with van der Waals surface area (Å²) in [5.41, 5.74) is 0. The molecule has 0 bridgehead atoms. The van der Waals surface area contributed by atoms with E-state index in [0.29, 0.717) is 18.1 Å². The van der Waals surface area contributed by atoms with Gasteiger partial charge in [0.15, 0.2) is 0 Å². The van der Waals surface area contributed by atoms with E-state index in [4.69, 9.17) is 9.16 Å². The lowest BCUT2D eigenvalue weighted by Gasteiger charge is -2.43. The van der Waals surface area contributed by atoms with Crippen molar-refractivity contribution in [3.8, 4) is 0 Å². The van der Waals surface area contributed by atoms with Gasteiger partial charge in [0.25, 0.3) is 8.32 Å². The zero-order chi connectivity index (χ0) is 20.9. The summed E-state index contributed by atoms with van der Waals surface area (Å²) in [6, 6.07) is 21.8. The van der Waals surface area contributed by atoms with Gasteiger partial charge in [0.1, 0.15) is 0 Å². The van der Waals surface area contributed by atoms with E-state index in [2.05, 4.69) is 111 Å². The molecule has 2 aromatic rings. The predicted molar refractivity (Wildman–Crippen MR) is 134 cm³/mol. The SMILES string of the molecule is C[C@H]1CC[C@H](CI)O[C@@H]1CCO[Si](c1ccccc1)(c1ccccc1)C(C)(C)C. The summed E-state index contributed by atoms with van der Waals surface area (Å²) in [5.74, 6) is 0.608. The first kappa shape index (κ1) is 23.0. The maximum atomic E-state index is 7.04. The van der Waals surface area contributed by atoms with Crippen LogP contribution in [-0.4, -0.2) is 31.6 Å². The molecule has 1 aliphatic heterocycles.